The second kappa shape index (κ2) is 6.26. The Bertz CT molecular complexity index is 577. The van der Waals surface area contributed by atoms with E-state index >= 15 is 0 Å². The van der Waals surface area contributed by atoms with Crippen LogP contribution in [0.4, 0.5) is 0 Å². The van der Waals surface area contributed by atoms with Crippen LogP contribution in [-0.4, -0.2) is 27.2 Å². The molecule has 0 N–H and O–H groups in total. The molecule has 1 aromatic heterocycles. The Morgan fingerprint density at radius 3 is 2.45 bits per heavy atom. The number of carbonyl (C=O) groups excluding carboxylic acids is 1. The van der Waals surface area contributed by atoms with Crippen LogP contribution in [0.15, 0.2) is 6.07 Å². The van der Waals surface area contributed by atoms with Gasteiger partial charge < -0.3 is 4.74 Å². The van der Waals surface area contributed by atoms with Crippen molar-refractivity contribution in [2.24, 2.45) is 5.41 Å². The van der Waals surface area contributed by atoms with E-state index in [9.17, 15) is 13.2 Å². The number of ether oxygens (including phenoxy) is 1. The first-order chi connectivity index (χ1) is 8.98. The van der Waals surface area contributed by atoms with Gasteiger partial charge in [-0.2, -0.15) is 0 Å². The quantitative estimate of drug-likeness (QED) is 0.782. The number of aryl methyl sites for hydroxylation is 1. The Hall–Kier alpha value is -0.880. The first kappa shape index (κ1) is 17.2. The summed E-state index contributed by atoms with van der Waals surface area (Å²) < 4.78 is 27.8. The summed E-state index contributed by atoms with van der Waals surface area (Å²) in [5, 5.41) is 0. The molecule has 114 valence electrons. The van der Waals surface area contributed by atoms with Crippen molar-refractivity contribution in [2.45, 2.75) is 39.9 Å². The van der Waals surface area contributed by atoms with E-state index in [2.05, 4.69) is 20.8 Å². The van der Waals surface area contributed by atoms with Gasteiger partial charge in [0.05, 0.1) is 12.4 Å². The van der Waals surface area contributed by atoms with Gasteiger partial charge in [-0.05, 0) is 30.4 Å². The number of hydrogen-bond acceptors (Lipinski definition) is 5. The lowest BCUT2D eigenvalue weighted by atomic mass is 9.93. The third-order valence-electron chi connectivity index (χ3n) is 2.72. The van der Waals surface area contributed by atoms with Gasteiger partial charge in [0.1, 0.15) is 4.88 Å². The molecule has 6 heteroatoms. The number of carbonyl (C=O) groups is 1. The van der Waals surface area contributed by atoms with Crippen molar-refractivity contribution in [3.8, 4) is 0 Å². The van der Waals surface area contributed by atoms with Gasteiger partial charge in [0.25, 0.3) is 0 Å². The summed E-state index contributed by atoms with van der Waals surface area (Å²) >= 11 is 1.28. The van der Waals surface area contributed by atoms with E-state index in [1.807, 2.05) is 6.92 Å². The molecule has 0 saturated heterocycles. The van der Waals surface area contributed by atoms with E-state index in [4.69, 9.17) is 4.74 Å². The van der Waals surface area contributed by atoms with Crippen molar-refractivity contribution >= 4 is 27.1 Å². The Morgan fingerprint density at radius 2 is 1.95 bits per heavy atom. The lowest BCUT2D eigenvalue weighted by Gasteiger charge is -2.17. The molecule has 0 spiro atoms. The van der Waals surface area contributed by atoms with Crippen molar-refractivity contribution in [2.75, 3.05) is 12.9 Å². The number of thiophene rings is 1. The van der Waals surface area contributed by atoms with Gasteiger partial charge >= 0.3 is 5.97 Å². The van der Waals surface area contributed by atoms with E-state index in [0.29, 0.717) is 17.0 Å². The molecule has 0 saturated carbocycles. The molecule has 0 atom stereocenters. The zero-order valence-electron chi connectivity index (χ0n) is 12.6. The highest BCUT2D eigenvalue weighted by Gasteiger charge is 2.17. The second-order valence-electron chi connectivity index (χ2n) is 6.21. The number of hydrogen-bond donors (Lipinski definition) is 0. The van der Waals surface area contributed by atoms with Crippen LogP contribution < -0.4 is 0 Å². The molecular weight excluding hydrogens is 296 g/mol. The monoisotopic (exact) mass is 318 g/mol. The van der Waals surface area contributed by atoms with Gasteiger partial charge in [-0.25, -0.2) is 13.2 Å². The molecular formula is C14H22O4S2. The second-order valence-corrected chi connectivity index (χ2v) is 9.61. The summed E-state index contributed by atoms with van der Waals surface area (Å²) in [6, 6.07) is 1.63. The van der Waals surface area contributed by atoms with Gasteiger partial charge in [0.15, 0.2) is 9.84 Å². The van der Waals surface area contributed by atoms with Crippen LogP contribution >= 0.6 is 11.3 Å². The maximum atomic E-state index is 11.9. The summed E-state index contributed by atoms with van der Waals surface area (Å²) in [6.07, 6.45) is 1.98. The van der Waals surface area contributed by atoms with Crippen LogP contribution in [-0.2, 0) is 20.3 Å². The molecule has 0 amide bonds. The Kier molecular flexibility index (Phi) is 5.38. The predicted octanol–water partition coefficient (Wildman–Crippen LogP) is 3.19. The van der Waals surface area contributed by atoms with Gasteiger partial charge in [0.2, 0.25) is 0 Å². The standard InChI is InChI=1S/C14H22O4S2/c1-10-11(9-20(5,16)17)8-12(19-10)13(15)18-7-6-14(2,3)4/h8H,6-7,9H2,1-5H3. The predicted molar refractivity (Wildman–Crippen MR) is 82.0 cm³/mol. The van der Waals surface area contributed by atoms with E-state index in [0.717, 1.165) is 11.3 Å². The average Bonchev–Trinajstić information content (AvgIpc) is 2.56. The fourth-order valence-corrected chi connectivity index (χ4v) is 3.46. The number of esters is 1. The van der Waals surface area contributed by atoms with Crippen molar-refractivity contribution in [1.29, 1.82) is 0 Å². The van der Waals surface area contributed by atoms with E-state index in [1.54, 1.807) is 6.07 Å². The number of sulfone groups is 1. The van der Waals surface area contributed by atoms with Gasteiger partial charge in [-0.1, -0.05) is 20.8 Å². The zero-order chi connectivity index (χ0) is 15.6. The lowest BCUT2D eigenvalue weighted by molar-refractivity contribution is 0.0470. The maximum Gasteiger partial charge on any atom is 0.348 e. The van der Waals surface area contributed by atoms with Gasteiger partial charge in [0, 0.05) is 11.1 Å². The Labute approximate surface area is 125 Å². The van der Waals surface area contributed by atoms with Crippen LogP contribution in [0, 0.1) is 12.3 Å². The van der Waals surface area contributed by atoms with E-state index < -0.39 is 9.84 Å². The molecule has 0 unspecified atom stereocenters. The summed E-state index contributed by atoms with van der Waals surface area (Å²) in [5.74, 6) is -0.410. The van der Waals surface area contributed by atoms with Gasteiger partial charge in [-0.15, -0.1) is 11.3 Å². The largest absolute Gasteiger partial charge is 0.461 e. The third-order valence-corrected chi connectivity index (χ3v) is 4.63. The number of rotatable bonds is 5. The summed E-state index contributed by atoms with van der Waals surface area (Å²) in [7, 11) is -3.09. The summed E-state index contributed by atoms with van der Waals surface area (Å²) in [6.45, 7) is 8.44. The highest BCUT2D eigenvalue weighted by molar-refractivity contribution is 7.89. The van der Waals surface area contributed by atoms with E-state index in [-0.39, 0.29) is 17.1 Å². The topological polar surface area (TPSA) is 60.4 Å². The maximum absolute atomic E-state index is 11.9. The lowest BCUT2D eigenvalue weighted by Crippen LogP contribution is -2.12. The first-order valence-electron chi connectivity index (χ1n) is 6.42. The fraction of sp³-hybridized carbons (Fsp3) is 0.643. The molecule has 0 bridgehead atoms. The molecule has 4 nitrogen and oxygen atoms in total. The highest BCUT2D eigenvalue weighted by Crippen LogP contribution is 2.24. The van der Waals surface area contributed by atoms with Crippen molar-refractivity contribution in [3.63, 3.8) is 0 Å². The van der Waals surface area contributed by atoms with E-state index in [1.165, 1.54) is 17.6 Å². The van der Waals surface area contributed by atoms with Crippen molar-refractivity contribution in [3.05, 3.63) is 21.4 Å². The van der Waals surface area contributed by atoms with Crippen molar-refractivity contribution < 1.29 is 17.9 Å². The summed E-state index contributed by atoms with van der Waals surface area (Å²) in [5.41, 5.74) is 0.799. The minimum absolute atomic E-state index is 0.0371. The minimum Gasteiger partial charge on any atom is -0.461 e. The first-order valence-corrected chi connectivity index (χ1v) is 9.30. The van der Waals surface area contributed by atoms with Crippen LogP contribution in [0.3, 0.4) is 0 Å². The average molecular weight is 318 g/mol. The summed E-state index contributed by atoms with van der Waals surface area (Å²) in [4.78, 5) is 13.2. The Balaban J connectivity index is 2.68. The minimum atomic E-state index is -3.09. The molecule has 0 fully saturated rings. The normalized spacial score (nSPS) is 12.4. The molecule has 0 aromatic carbocycles. The smallest absolute Gasteiger partial charge is 0.348 e. The third kappa shape index (κ3) is 6.05. The van der Waals surface area contributed by atoms with Crippen molar-refractivity contribution in [1.82, 2.24) is 0 Å². The molecule has 1 rings (SSSR count). The molecule has 0 aliphatic heterocycles. The van der Waals surface area contributed by atoms with Crippen LogP contribution in [0.25, 0.3) is 0 Å². The van der Waals surface area contributed by atoms with Crippen LogP contribution in [0.1, 0.15) is 47.3 Å². The molecule has 20 heavy (non-hydrogen) atoms. The van der Waals surface area contributed by atoms with Crippen LogP contribution in [0.2, 0.25) is 0 Å². The molecule has 1 aromatic rings. The molecule has 1 heterocycles. The Morgan fingerprint density at radius 1 is 1.35 bits per heavy atom. The van der Waals surface area contributed by atoms with Crippen LogP contribution in [0.5, 0.6) is 0 Å². The molecule has 0 radical (unpaired) electrons. The SMILES string of the molecule is Cc1sc(C(=O)OCCC(C)(C)C)cc1CS(C)(=O)=O. The molecule has 0 aliphatic carbocycles. The fourth-order valence-electron chi connectivity index (χ4n) is 1.57. The zero-order valence-corrected chi connectivity index (χ0v) is 14.3. The highest BCUT2D eigenvalue weighted by atomic mass is 32.2. The molecule has 0 aliphatic rings. The van der Waals surface area contributed by atoms with Gasteiger partial charge in [-0.3, -0.25) is 0 Å².